The van der Waals surface area contributed by atoms with Gasteiger partial charge in [0.1, 0.15) is 0 Å². The lowest BCUT2D eigenvalue weighted by molar-refractivity contribution is 0.607. The smallest absolute Gasteiger partial charge is 0.0992 e. The van der Waals surface area contributed by atoms with Crippen LogP contribution < -0.4 is 0 Å². The predicted molar refractivity (Wildman–Crippen MR) is 209 cm³/mol. The van der Waals surface area contributed by atoms with Gasteiger partial charge in [0.2, 0.25) is 0 Å². The molecule has 6 aromatic rings. The molecule has 0 aliphatic heterocycles. The van der Waals surface area contributed by atoms with Gasteiger partial charge in [-0.15, -0.1) is 6.42 Å². The summed E-state index contributed by atoms with van der Waals surface area (Å²) in [6.07, 6.45) is 19.6. The van der Waals surface area contributed by atoms with Gasteiger partial charge in [-0.25, -0.2) is 0 Å². The van der Waals surface area contributed by atoms with E-state index in [-0.39, 0.29) is 6.04 Å². The average molecular weight is 645 g/mol. The molecule has 1 aliphatic rings. The van der Waals surface area contributed by atoms with Gasteiger partial charge in [-0.05, 0) is 97.2 Å². The van der Waals surface area contributed by atoms with Crippen LogP contribution in [0.15, 0.2) is 127 Å². The lowest BCUT2D eigenvalue weighted by Crippen LogP contribution is -2.12. The van der Waals surface area contributed by atoms with Crippen molar-refractivity contribution in [2.24, 2.45) is 0 Å². The molecule has 4 aromatic carbocycles. The molecular weight excluding hydrogens is 609 g/mol. The summed E-state index contributed by atoms with van der Waals surface area (Å²) in [5.41, 5.74) is 11.5. The zero-order valence-corrected chi connectivity index (χ0v) is 28.5. The van der Waals surface area contributed by atoms with Gasteiger partial charge in [0.15, 0.2) is 0 Å². The molecule has 0 amide bonds. The molecule has 0 fully saturated rings. The van der Waals surface area contributed by atoms with Crippen LogP contribution in [0, 0.1) is 41.9 Å². The molecule has 4 nitrogen and oxygen atoms in total. The Hall–Kier alpha value is -6.54. The van der Waals surface area contributed by atoms with E-state index >= 15 is 0 Å². The first-order valence-electron chi connectivity index (χ1n) is 16.9. The van der Waals surface area contributed by atoms with E-state index in [0.717, 1.165) is 67.4 Å². The molecule has 0 spiro atoms. The summed E-state index contributed by atoms with van der Waals surface area (Å²) < 4.78 is 4.61. The van der Waals surface area contributed by atoms with Crippen LogP contribution in [-0.4, -0.2) is 9.13 Å². The lowest BCUT2D eigenvalue weighted by Gasteiger charge is -2.24. The Bertz CT molecular complexity index is 2550. The van der Waals surface area contributed by atoms with Crippen LogP contribution in [0.25, 0.3) is 55.6 Å². The van der Waals surface area contributed by atoms with Crippen LogP contribution in [0.1, 0.15) is 60.7 Å². The second-order valence-electron chi connectivity index (χ2n) is 12.7. The molecule has 0 saturated heterocycles. The number of aromatic nitrogens is 2. The number of benzene rings is 4. The van der Waals surface area contributed by atoms with Crippen LogP contribution in [0.3, 0.4) is 0 Å². The predicted octanol–water partition coefficient (Wildman–Crippen LogP) is 11.4. The van der Waals surface area contributed by atoms with E-state index in [1.165, 1.54) is 10.9 Å². The van der Waals surface area contributed by atoms with Gasteiger partial charge in [0.05, 0.1) is 40.5 Å². The summed E-state index contributed by atoms with van der Waals surface area (Å²) in [5.74, 6) is 2.68. The third kappa shape index (κ3) is 5.56. The standard InChI is InChI=1S/C46H36N4/c1-5-7-15-39-32(4)49(44-20-12-9-16-40(39)44)38-26-34(30-48)25-37(28-38)36-24-33(29-47)23-35(27-36)31(3)43(19-8-6-2)50-45-21-13-10-17-41(45)42-18-11-14-22-46(42)50/h2,7-25,27-28,38H,5,26H2,1,3-4H3/b15-7-,19-8-,43-31-. The van der Waals surface area contributed by atoms with Gasteiger partial charge in [0, 0.05) is 44.9 Å². The van der Waals surface area contributed by atoms with E-state index < -0.39 is 0 Å². The number of allylic oxidation sites excluding steroid dienone is 9. The number of terminal acetylenes is 1. The van der Waals surface area contributed by atoms with Gasteiger partial charge in [0.25, 0.3) is 0 Å². The first-order valence-corrected chi connectivity index (χ1v) is 16.9. The van der Waals surface area contributed by atoms with E-state index in [1.807, 2.05) is 36.4 Å². The minimum absolute atomic E-state index is 0.0733. The third-order valence-electron chi connectivity index (χ3n) is 9.70. The van der Waals surface area contributed by atoms with Crippen LogP contribution >= 0.6 is 0 Å². The van der Waals surface area contributed by atoms with Crippen LogP contribution in [0.5, 0.6) is 0 Å². The molecule has 1 aliphatic carbocycles. The van der Waals surface area contributed by atoms with Crippen molar-refractivity contribution in [3.63, 3.8) is 0 Å². The number of rotatable bonds is 7. The van der Waals surface area contributed by atoms with Gasteiger partial charge >= 0.3 is 0 Å². The fraction of sp³-hybridized carbons (Fsp3) is 0.130. The summed E-state index contributed by atoms with van der Waals surface area (Å²) in [7, 11) is 0. The number of fused-ring (bicyclic) bond motifs is 4. The van der Waals surface area contributed by atoms with Gasteiger partial charge in [-0.1, -0.05) is 85.7 Å². The normalized spacial score (nSPS) is 15.2. The quantitative estimate of drug-likeness (QED) is 0.128. The molecular formula is C46H36N4. The largest absolute Gasteiger partial charge is 0.337 e. The van der Waals surface area contributed by atoms with Crippen molar-refractivity contribution in [3.8, 4) is 24.5 Å². The maximum absolute atomic E-state index is 10.3. The number of para-hydroxylation sites is 3. The molecule has 0 saturated carbocycles. The van der Waals surface area contributed by atoms with Crippen LogP contribution in [0.2, 0.25) is 0 Å². The molecule has 50 heavy (non-hydrogen) atoms. The Kier molecular flexibility index (Phi) is 8.66. The molecule has 1 unspecified atom stereocenters. The van der Waals surface area contributed by atoms with Gasteiger partial charge in [-0.2, -0.15) is 10.5 Å². The second kappa shape index (κ2) is 13.5. The van der Waals surface area contributed by atoms with Crippen molar-refractivity contribution < 1.29 is 0 Å². The van der Waals surface area contributed by atoms with Crippen molar-refractivity contribution in [1.82, 2.24) is 9.13 Å². The maximum atomic E-state index is 10.3. The monoisotopic (exact) mass is 644 g/mol. The molecule has 4 heteroatoms. The van der Waals surface area contributed by atoms with Crippen molar-refractivity contribution in [3.05, 3.63) is 155 Å². The first-order chi connectivity index (χ1) is 24.5. The fourth-order valence-electron chi connectivity index (χ4n) is 7.40. The molecule has 7 rings (SSSR count). The Morgan fingerprint density at radius 1 is 0.880 bits per heavy atom. The first kappa shape index (κ1) is 32.0. The van der Waals surface area contributed by atoms with Crippen molar-refractivity contribution in [2.45, 2.75) is 39.7 Å². The van der Waals surface area contributed by atoms with Gasteiger partial charge < -0.3 is 9.13 Å². The minimum Gasteiger partial charge on any atom is -0.337 e. The highest BCUT2D eigenvalue weighted by molar-refractivity contribution is 6.12. The van der Waals surface area contributed by atoms with E-state index in [9.17, 15) is 10.5 Å². The highest BCUT2D eigenvalue weighted by Crippen LogP contribution is 2.39. The van der Waals surface area contributed by atoms with E-state index in [0.29, 0.717) is 17.6 Å². The third-order valence-corrected chi connectivity index (χ3v) is 9.70. The highest BCUT2D eigenvalue weighted by Gasteiger charge is 2.24. The Morgan fingerprint density at radius 3 is 2.18 bits per heavy atom. The molecule has 1 atom stereocenters. The summed E-state index contributed by atoms with van der Waals surface area (Å²) in [4.78, 5) is 0. The van der Waals surface area contributed by atoms with Crippen molar-refractivity contribution >= 4 is 55.6 Å². The molecule has 0 N–H and O–H groups in total. The Balaban J connectivity index is 1.43. The highest BCUT2D eigenvalue weighted by atomic mass is 15.0. The summed E-state index contributed by atoms with van der Waals surface area (Å²) in [6, 6.07) is 36.0. The van der Waals surface area contributed by atoms with Crippen LogP contribution in [-0.2, 0) is 0 Å². The van der Waals surface area contributed by atoms with Gasteiger partial charge in [-0.3, -0.25) is 0 Å². The zero-order chi connectivity index (χ0) is 34.8. The number of hydrogen-bond acceptors (Lipinski definition) is 2. The van der Waals surface area contributed by atoms with Crippen molar-refractivity contribution in [2.75, 3.05) is 0 Å². The minimum atomic E-state index is -0.0733. The molecule has 0 bridgehead atoms. The molecule has 2 aromatic heterocycles. The average Bonchev–Trinajstić information content (AvgIpc) is 3.64. The molecule has 0 radical (unpaired) electrons. The summed E-state index contributed by atoms with van der Waals surface area (Å²) >= 11 is 0. The molecule has 240 valence electrons. The summed E-state index contributed by atoms with van der Waals surface area (Å²) in [6.45, 7) is 6.38. The fourth-order valence-corrected chi connectivity index (χ4v) is 7.40. The van der Waals surface area contributed by atoms with E-state index in [2.05, 4.69) is 133 Å². The number of nitriles is 2. The number of nitrogens with zero attached hydrogens (tertiary/aromatic N) is 4. The molecule has 2 heterocycles. The topological polar surface area (TPSA) is 57.4 Å². The lowest BCUT2D eigenvalue weighted by atomic mass is 9.89. The van der Waals surface area contributed by atoms with E-state index in [4.69, 9.17) is 6.42 Å². The second-order valence-corrected chi connectivity index (χ2v) is 12.7. The summed E-state index contributed by atoms with van der Waals surface area (Å²) in [5, 5.41) is 24.0. The van der Waals surface area contributed by atoms with E-state index in [1.54, 1.807) is 6.08 Å². The maximum Gasteiger partial charge on any atom is 0.0992 e. The Morgan fingerprint density at radius 2 is 1.54 bits per heavy atom. The SMILES string of the molecule is C#C/C=C\C(=C(/C)c1cc(C#N)cc(C2=CC(n3c(C)c(/C=C\CC)c4ccccc43)CC(C#N)=C2)c1)n1c2ccccc2c2ccccc21. The zero-order valence-electron chi connectivity index (χ0n) is 28.5. The van der Waals surface area contributed by atoms with Crippen LogP contribution in [0.4, 0.5) is 0 Å². The number of hydrogen-bond donors (Lipinski definition) is 0. The Labute approximate surface area is 293 Å². The van der Waals surface area contributed by atoms with Crippen molar-refractivity contribution in [1.29, 1.82) is 10.5 Å².